The molecule has 0 aromatic carbocycles. The van der Waals surface area contributed by atoms with E-state index >= 15 is 0 Å². The first-order valence-electron chi connectivity index (χ1n) is 2.68. The second kappa shape index (κ2) is 2.11. The standard InChI is InChI=1S/C6H8NO2/c1-7-4-2-3-5(8)6(7)9/h2-5,8H,1H3/q+1. The SMILES string of the molecule is C[N+]1=CC=CC(O)C1=O. The molecule has 0 saturated heterocycles. The van der Waals surface area contributed by atoms with E-state index in [1.165, 1.54) is 10.7 Å². The maximum absolute atomic E-state index is 10.7. The van der Waals surface area contributed by atoms with E-state index in [2.05, 4.69) is 0 Å². The van der Waals surface area contributed by atoms with Gasteiger partial charge >= 0.3 is 5.91 Å². The monoisotopic (exact) mass is 126 g/mol. The summed E-state index contributed by atoms with van der Waals surface area (Å²) in [6, 6.07) is 0. The highest BCUT2D eigenvalue weighted by molar-refractivity contribution is 5.84. The summed E-state index contributed by atoms with van der Waals surface area (Å²) in [4.78, 5) is 10.7. The minimum atomic E-state index is -0.944. The van der Waals surface area contributed by atoms with Crippen molar-refractivity contribution in [3.63, 3.8) is 0 Å². The van der Waals surface area contributed by atoms with Crippen LogP contribution in [0.2, 0.25) is 0 Å². The molecular formula is C6H8NO2+. The molecule has 0 saturated carbocycles. The van der Waals surface area contributed by atoms with E-state index in [9.17, 15) is 4.79 Å². The summed E-state index contributed by atoms with van der Waals surface area (Å²) >= 11 is 0. The van der Waals surface area contributed by atoms with Crippen LogP contribution in [-0.4, -0.2) is 35.0 Å². The van der Waals surface area contributed by atoms with E-state index in [1.807, 2.05) is 0 Å². The van der Waals surface area contributed by atoms with Gasteiger partial charge in [0, 0.05) is 6.08 Å². The number of amides is 1. The van der Waals surface area contributed by atoms with E-state index in [4.69, 9.17) is 5.11 Å². The van der Waals surface area contributed by atoms with Gasteiger partial charge in [-0.05, 0) is 6.08 Å². The first-order chi connectivity index (χ1) is 4.22. The largest absolute Gasteiger partial charge is 0.419 e. The number of carbonyl (C=O) groups excluding carboxylic acids is 1. The number of likely N-dealkylation sites (N-methyl/N-ethyl adjacent to an activating group) is 1. The van der Waals surface area contributed by atoms with E-state index in [0.717, 1.165) is 0 Å². The molecule has 1 aliphatic heterocycles. The molecule has 1 atom stereocenters. The molecule has 1 rings (SSSR count). The van der Waals surface area contributed by atoms with Crippen LogP contribution < -0.4 is 0 Å². The summed E-state index contributed by atoms with van der Waals surface area (Å²) in [5.74, 6) is -0.280. The van der Waals surface area contributed by atoms with Gasteiger partial charge in [-0.2, -0.15) is 4.58 Å². The molecule has 48 valence electrons. The van der Waals surface area contributed by atoms with Gasteiger partial charge in [0.2, 0.25) is 0 Å². The predicted molar refractivity (Wildman–Crippen MR) is 32.4 cm³/mol. The fourth-order valence-electron chi connectivity index (χ4n) is 0.648. The Morgan fingerprint density at radius 1 is 1.78 bits per heavy atom. The van der Waals surface area contributed by atoms with E-state index in [-0.39, 0.29) is 5.91 Å². The second-order valence-corrected chi connectivity index (χ2v) is 1.93. The Labute approximate surface area is 52.9 Å². The first-order valence-corrected chi connectivity index (χ1v) is 2.68. The number of aliphatic hydroxyl groups excluding tert-OH is 1. The number of rotatable bonds is 0. The molecule has 0 fully saturated rings. The molecule has 0 aromatic heterocycles. The van der Waals surface area contributed by atoms with Gasteiger partial charge in [0.25, 0.3) is 0 Å². The molecule has 1 unspecified atom stereocenters. The lowest BCUT2D eigenvalue weighted by atomic mass is 10.2. The van der Waals surface area contributed by atoms with E-state index in [1.54, 1.807) is 19.3 Å². The first kappa shape index (κ1) is 6.16. The molecule has 1 heterocycles. The van der Waals surface area contributed by atoms with Crippen molar-refractivity contribution in [2.45, 2.75) is 6.10 Å². The smallest absolute Gasteiger partial charge is 0.375 e. The summed E-state index contributed by atoms with van der Waals surface area (Å²) in [5, 5.41) is 8.85. The Kier molecular flexibility index (Phi) is 1.44. The van der Waals surface area contributed by atoms with Gasteiger partial charge < -0.3 is 5.11 Å². The van der Waals surface area contributed by atoms with Crippen molar-refractivity contribution >= 4 is 12.1 Å². The molecule has 0 aliphatic carbocycles. The topological polar surface area (TPSA) is 40.3 Å². The van der Waals surface area contributed by atoms with Gasteiger partial charge in [-0.25, -0.2) is 4.79 Å². The summed E-state index contributed by atoms with van der Waals surface area (Å²) in [6.45, 7) is 0. The van der Waals surface area contributed by atoms with Crippen molar-refractivity contribution in [3.8, 4) is 0 Å². The maximum Gasteiger partial charge on any atom is 0.419 e. The van der Waals surface area contributed by atoms with Gasteiger partial charge in [0.1, 0.15) is 7.05 Å². The zero-order chi connectivity index (χ0) is 6.85. The number of carbonyl (C=O) groups is 1. The molecule has 0 aromatic rings. The average molecular weight is 126 g/mol. The Morgan fingerprint density at radius 2 is 2.44 bits per heavy atom. The lowest BCUT2D eigenvalue weighted by Crippen LogP contribution is -2.31. The van der Waals surface area contributed by atoms with Gasteiger partial charge in [-0.3, -0.25) is 0 Å². The minimum Gasteiger partial charge on any atom is -0.375 e. The van der Waals surface area contributed by atoms with Crippen LogP contribution >= 0.6 is 0 Å². The van der Waals surface area contributed by atoms with Crippen molar-refractivity contribution in [2.75, 3.05) is 7.05 Å². The molecule has 1 amide bonds. The molecule has 3 heteroatoms. The fourth-order valence-corrected chi connectivity index (χ4v) is 0.648. The van der Waals surface area contributed by atoms with Gasteiger partial charge in [-0.1, -0.05) is 0 Å². The van der Waals surface area contributed by atoms with Crippen LogP contribution in [-0.2, 0) is 4.79 Å². The third-order valence-electron chi connectivity index (χ3n) is 1.20. The highest BCUT2D eigenvalue weighted by atomic mass is 16.3. The molecule has 1 aliphatic rings. The zero-order valence-electron chi connectivity index (χ0n) is 5.11. The Balaban J connectivity index is 2.86. The van der Waals surface area contributed by atoms with Gasteiger partial charge in [0.05, 0.1) is 0 Å². The quantitative estimate of drug-likeness (QED) is 0.430. The third-order valence-corrected chi connectivity index (χ3v) is 1.20. The number of hydrogen-bond donors (Lipinski definition) is 1. The zero-order valence-corrected chi connectivity index (χ0v) is 5.11. The van der Waals surface area contributed by atoms with Crippen molar-refractivity contribution in [1.82, 2.24) is 0 Å². The van der Waals surface area contributed by atoms with Crippen LogP contribution in [0.4, 0.5) is 0 Å². The Bertz CT molecular complexity index is 193. The van der Waals surface area contributed by atoms with E-state index in [0.29, 0.717) is 0 Å². The normalized spacial score (nSPS) is 26.2. The second-order valence-electron chi connectivity index (χ2n) is 1.93. The molecule has 3 nitrogen and oxygen atoms in total. The van der Waals surface area contributed by atoms with Gasteiger partial charge in [-0.15, -0.1) is 0 Å². The summed E-state index contributed by atoms with van der Waals surface area (Å²) in [6.07, 6.45) is 3.75. The van der Waals surface area contributed by atoms with Crippen LogP contribution in [0.15, 0.2) is 12.2 Å². The molecule has 0 spiro atoms. The average Bonchev–Trinajstić information content (AvgIpc) is 1.83. The number of nitrogens with zero attached hydrogens (tertiary/aromatic N) is 1. The summed E-state index contributed by atoms with van der Waals surface area (Å²) < 4.78 is 1.35. The molecule has 9 heavy (non-hydrogen) atoms. The van der Waals surface area contributed by atoms with Gasteiger partial charge in [0.15, 0.2) is 12.3 Å². The van der Waals surface area contributed by atoms with Crippen LogP contribution in [0, 0.1) is 0 Å². The number of hydrogen-bond acceptors (Lipinski definition) is 2. The number of aliphatic hydroxyl groups is 1. The molecule has 1 N–H and O–H groups in total. The Hall–Kier alpha value is -0.960. The van der Waals surface area contributed by atoms with E-state index < -0.39 is 6.10 Å². The van der Waals surface area contributed by atoms with Crippen molar-refractivity contribution < 1.29 is 14.5 Å². The third kappa shape index (κ3) is 1.05. The highest BCUT2D eigenvalue weighted by Crippen LogP contribution is 1.92. The maximum atomic E-state index is 10.7. The van der Waals surface area contributed by atoms with Crippen LogP contribution in [0.1, 0.15) is 0 Å². The van der Waals surface area contributed by atoms with Crippen LogP contribution in [0.25, 0.3) is 0 Å². The fraction of sp³-hybridized carbons (Fsp3) is 0.333. The van der Waals surface area contributed by atoms with Crippen LogP contribution in [0.3, 0.4) is 0 Å². The summed E-state index contributed by atoms with van der Waals surface area (Å²) in [5.41, 5.74) is 0. The lowest BCUT2D eigenvalue weighted by molar-refractivity contribution is -0.419. The number of allylic oxidation sites excluding steroid dienone is 1. The van der Waals surface area contributed by atoms with Crippen molar-refractivity contribution in [1.29, 1.82) is 0 Å². The minimum absolute atomic E-state index is 0.280. The predicted octanol–water partition coefficient (Wildman–Crippen LogP) is -0.843. The van der Waals surface area contributed by atoms with Crippen LogP contribution in [0.5, 0.6) is 0 Å². The van der Waals surface area contributed by atoms with Crippen molar-refractivity contribution in [3.05, 3.63) is 12.2 Å². The molecule has 0 radical (unpaired) electrons. The lowest BCUT2D eigenvalue weighted by Gasteiger charge is -2.01. The summed E-state index contributed by atoms with van der Waals surface area (Å²) in [7, 11) is 1.61. The molecule has 0 bridgehead atoms. The molecular weight excluding hydrogens is 118 g/mol. The van der Waals surface area contributed by atoms with Crippen molar-refractivity contribution in [2.24, 2.45) is 0 Å². The Morgan fingerprint density at radius 3 is 2.89 bits per heavy atom. The highest BCUT2D eigenvalue weighted by Gasteiger charge is 2.23.